The zero-order valence-corrected chi connectivity index (χ0v) is 19.9. The molecule has 5 nitrogen and oxygen atoms in total. The second kappa shape index (κ2) is 9.77. The van der Waals surface area contributed by atoms with Gasteiger partial charge in [0.05, 0.1) is 16.0 Å². The lowest BCUT2D eigenvalue weighted by molar-refractivity contribution is -0.123. The molecule has 8 heteroatoms. The lowest BCUT2D eigenvalue weighted by atomic mass is 10.1. The minimum atomic E-state index is -0.484. The van der Waals surface area contributed by atoms with Crippen molar-refractivity contribution in [2.75, 3.05) is 0 Å². The van der Waals surface area contributed by atoms with Gasteiger partial charge in [-0.2, -0.15) is 0 Å². The van der Waals surface area contributed by atoms with Crippen molar-refractivity contribution in [3.8, 4) is 5.75 Å². The van der Waals surface area contributed by atoms with Crippen LogP contribution in [0.5, 0.6) is 5.75 Å². The number of ether oxygens (including phenoxy) is 1. The number of carbonyl (C=O) groups excluding carboxylic acids is 2. The SMILES string of the molecule is Cc1ccc(CN2C(=O)N/C(=C/c3cc(Cl)c(OCc4ccccc4F)c(Br)c3)C2=O)cc1. The highest BCUT2D eigenvalue weighted by atomic mass is 79.9. The van der Waals surface area contributed by atoms with Crippen molar-refractivity contribution in [2.45, 2.75) is 20.1 Å². The first-order valence-corrected chi connectivity index (χ1v) is 11.2. The summed E-state index contributed by atoms with van der Waals surface area (Å²) in [5.74, 6) is -0.436. The lowest BCUT2D eigenvalue weighted by Crippen LogP contribution is -2.30. The molecule has 4 rings (SSSR count). The standard InChI is InChI=1S/C25H19BrClFN2O3/c1-15-6-8-16(9-7-15)13-30-24(31)22(29-25(30)32)12-17-10-19(26)23(20(27)11-17)33-14-18-4-2-3-5-21(18)28/h2-12H,13-14H2,1H3,(H,29,32)/b22-12+. The smallest absolute Gasteiger partial charge is 0.329 e. The molecule has 0 unspecified atom stereocenters. The van der Waals surface area contributed by atoms with Gasteiger partial charge in [-0.15, -0.1) is 0 Å². The normalized spacial score (nSPS) is 14.7. The zero-order valence-electron chi connectivity index (χ0n) is 17.6. The molecule has 3 aromatic rings. The molecule has 0 saturated carbocycles. The number of halogens is 3. The summed E-state index contributed by atoms with van der Waals surface area (Å²) in [6.45, 7) is 2.15. The number of carbonyl (C=O) groups is 2. The van der Waals surface area contributed by atoms with E-state index in [0.717, 1.165) is 16.0 Å². The molecule has 1 heterocycles. The fraction of sp³-hybridized carbons (Fsp3) is 0.120. The van der Waals surface area contributed by atoms with Crippen LogP contribution >= 0.6 is 27.5 Å². The maximum Gasteiger partial charge on any atom is 0.329 e. The third-order valence-electron chi connectivity index (χ3n) is 5.09. The fourth-order valence-corrected chi connectivity index (χ4v) is 4.31. The minimum Gasteiger partial charge on any atom is -0.486 e. The molecule has 3 amide bonds. The highest BCUT2D eigenvalue weighted by molar-refractivity contribution is 9.10. The number of nitrogens with one attached hydrogen (secondary N) is 1. The molecular weight excluding hydrogens is 511 g/mol. The van der Waals surface area contributed by atoms with Crippen molar-refractivity contribution in [1.82, 2.24) is 10.2 Å². The van der Waals surface area contributed by atoms with Crippen LogP contribution in [0.25, 0.3) is 6.08 Å². The molecule has 1 N–H and O–H groups in total. The van der Waals surface area contributed by atoms with Crippen LogP contribution in [0.2, 0.25) is 5.02 Å². The zero-order chi connectivity index (χ0) is 23.5. The van der Waals surface area contributed by atoms with Gasteiger partial charge in [0.25, 0.3) is 5.91 Å². The van der Waals surface area contributed by atoms with Gasteiger partial charge in [0, 0.05) is 5.56 Å². The molecule has 33 heavy (non-hydrogen) atoms. The Kier molecular flexibility index (Phi) is 6.81. The molecule has 168 valence electrons. The average molecular weight is 530 g/mol. The van der Waals surface area contributed by atoms with Crippen LogP contribution in [0.15, 0.2) is 70.8 Å². The van der Waals surface area contributed by atoms with E-state index in [1.807, 2.05) is 31.2 Å². The quantitative estimate of drug-likeness (QED) is 0.305. The van der Waals surface area contributed by atoms with Crippen molar-refractivity contribution in [3.05, 3.63) is 104 Å². The predicted octanol–water partition coefficient (Wildman–Crippen LogP) is 6.22. The number of rotatable bonds is 6. The number of hydrogen-bond acceptors (Lipinski definition) is 3. The Morgan fingerprint density at radius 1 is 1.12 bits per heavy atom. The monoisotopic (exact) mass is 528 g/mol. The molecule has 0 spiro atoms. The Bertz CT molecular complexity index is 1240. The summed E-state index contributed by atoms with van der Waals surface area (Å²) >= 11 is 9.79. The van der Waals surface area contributed by atoms with E-state index in [-0.39, 0.29) is 29.7 Å². The second-order valence-electron chi connectivity index (χ2n) is 7.56. The van der Waals surface area contributed by atoms with Gasteiger partial charge < -0.3 is 10.1 Å². The third kappa shape index (κ3) is 5.26. The topological polar surface area (TPSA) is 58.6 Å². The van der Waals surface area contributed by atoms with Gasteiger partial charge in [0.2, 0.25) is 0 Å². The number of amides is 3. The summed E-state index contributed by atoms with van der Waals surface area (Å²) in [6.07, 6.45) is 1.55. The number of hydrogen-bond donors (Lipinski definition) is 1. The number of benzene rings is 3. The van der Waals surface area contributed by atoms with Crippen LogP contribution in [-0.2, 0) is 17.9 Å². The van der Waals surface area contributed by atoms with Crippen LogP contribution in [-0.4, -0.2) is 16.8 Å². The summed E-state index contributed by atoms with van der Waals surface area (Å²) < 4.78 is 20.1. The number of aryl methyl sites for hydroxylation is 1. The number of urea groups is 1. The van der Waals surface area contributed by atoms with E-state index in [0.29, 0.717) is 21.3 Å². The summed E-state index contributed by atoms with van der Waals surface area (Å²) in [5, 5.41) is 2.89. The predicted molar refractivity (Wildman–Crippen MR) is 128 cm³/mol. The van der Waals surface area contributed by atoms with E-state index in [9.17, 15) is 14.0 Å². The molecule has 0 bridgehead atoms. The maximum absolute atomic E-state index is 13.8. The summed E-state index contributed by atoms with van der Waals surface area (Å²) in [6, 6.07) is 16.8. The highest BCUT2D eigenvalue weighted by Gasteiger charge is 2.33. The molecular formula is C25H19BrClFN2O3. The summed E-state index contributed by atoms with van der Waals surface area (Å²) in [7, 11) is 0. The summed E-state index contributed by atoms with van der Waals surface area (Å²) in [5.41, 5.74) is 3.09. The molecule has 1 fully saturated rings. The Morgan fingerprint density at radius 2 is 1.85 bits per heavy atom. The average Bonchev–Trinajstić information content (AvgIpc) is 3.03. The minimum absolute atomic E-state index is 0.00788. The van der Waals surface area contributed by atoms with Gasteiger partial charge in [-0.05, 0) is 58.3 Å². The van der Waals surface area contributed by atoms with E-state index in [1.165, 1.54) is 6.07 Å². The lowest BCUT2D eigenvalue weighted by Gasteiger charge is -2.12. The van der Waals surface area contributed by atoms with Crippen LogP contribution in [0.4, 0.5) is 9.18 Å². The Balaban J connectivity index is 1.50. The van der Waals surface area contributed by atoms with Crippen LogP contribution in [0.1, 0.15) is 22.3 Å². The highest BCUT2D eigenvalue weighted by Crippen LogP contribution is 2.36. The van der Waals surface area contributed by atoms with Crippen molar-refractivity contribution in [3.63, 3.8) is 0 Å². The van der Waals surface area contributed by atoms with Gasteiger partial charge in [-0.3, -0.25) is 9.69 Å². The van der Waals surface area contributed by atoms with E-state index in [1.54, 1.807) is 36.4 Å². The van der Waals surface area contributed by atoms with Gasteiger partial charge >= 0.3 is 6.03 Å². The Labute approximate surface area is 203 Å². The molecule has 1 aliphatic rings. The van der Waals surface area contributed by atoms with Crippen molar-refractivity contribution >= 4 is 45.5 Å². The van der Waals surface area contributed by atoms with Gasteiger partial charge in [0.15, 0.2) is 5.75 Å². The van der Waals surface area contributed by atoms with Crippen molar-refractivity contribution < 1.29 is 18.7 Å². The fourth-order valence-electron chi connectivity index (χ4n) is 3.32. The molecule has 0 radical (unpaired) electrons. The number of imide groups is 1. The molecule has 0 atom stereocenters. The van der Waals surface area contributed by atoms with Gasteiger partial charge in [0.1, 0.15) is 18.1 Å². The summed E-state index contributed by atoms with van der Waals surface area (Å²) in [4.78, 5) is 26.3. The van der Waals surface area contributed by atoms with Crippen LogP contribution in [0, 0.1) is 12.7 Å². The first-order valence-electron chi connectivity index (χ1n) is 10.1. The maximum atomic E-state index is 13.8. The first-order chi connectivity index (χ1) is 15.8. The Morgan fingerprint density at radius 3 is 2.55 bits per heavy atom. The molecule has 0 aromatic heterocycles. The second-order valence-corrected chi connectivity index (χ2v) is 8.82. The van der Waals surface area contributed by atoms with E-state index < -0.39 is 11.9 Å². The first kappa shape index (κ1) is 23.0. The molecule has 3 aromatic carbocycles. The molecule has 1 aliphatic heterocycles. The Hall–Kier alpha value is -3.16. The van der Waals surface area contributed by atoms with Crippen LogP contribution < -0.4 is 10.1 Å². The van der Waals surface area contributed by atoms with Gasteiger partial charge in [-0.1, -0.05) is 59.6 Å². The third-order valence-corrected chi connectivity index (χ3v) is 5.95. The molecule has 0 aliphatic carbocycles. The van der Waals surface area contributed by atoms with Crippen molar-refractivity contribution in [1.29, 1.82) is 0 Å². The largest absolute Gasteiger partial charge is 0.486 e. The van der Waals surface area contributed by atoms with Crippen LogP contribution in [0.3, 0.4) is 0 Å². The molecule has 1 saturated heterocycles. The number of nitrogens with zero attached hydrogens (tertiary/aromatic N) is 1. The van der Waals surface area contributed by atoms with Crippen molar-refractivity contribution in [2.24, 2.45) is 0 Å². The van der Waals surface area contributed by atoms with E-state index in [2.05, 4.69) is 21.2 Å². The van der Waals surface area contributed by atoms with E-state index in [4.69, 9.17) is 16.3 Å². The van der Waals surface area contributed by atoms with E-state index >= 15 is 0 Å². The van der Waals surface area contributed by atoms with Gasteiger partial charge in [-0.25, -0.2) is 9.18 Å².